The van der Waals surface area contributed by atoms with Gasteiger partial charge in [-0.1, -0.05) is 0 Å². The molecule has 2 atom stereocenters. The number of hydrogen-bond acceptors (Lipinski definition) is 4. The van der Waals surface area contributed by atoms with Crippen molar-refractivity contribution < 1.29 is 13.5 Å². The van der Waals surface area contributed by atoms with Crippen LogP contribution in [0.2, 0.25) is 0 Å². The molecule has 1 aromatic heterocycles. The van der Waals surface area contributed by atoms with Crippen LogP contribution in [0.3, 0.4) is 0 Å². The molecule has 0 spiro atoms. The molecule has 0 amide bonds. The van der Waals surface area contributed by atoms with Crippen molar-refractivity contribution in [2.45, 2.75) is 31.8 Å². The van der Waals surface area contributed by atoms with Crippen LogP contribution in [-0.4, -0.2) is 43.3 Å². The Hall–Kier alpha value is -0.430. The molecule has 0 radical (unpaired) electrons. The molecule has 2 heterocycles. The minimum absolute atomic E-state index is 0.275. The third-order valence-corrected chi connectivity index (χ3v) is 5.61. The van der Waals surface area contributed by atoms with E-state index in [4.69, 9.17) is 0 Å². The summed E-state index contributed by atoms with van der Waals surface area (Å²) in [7, 11) is -3.09. The third-order valence-electron chi connectivity index (χ3n) is 3.61. The van der Waals surface area contributed by atoms with Crippen molar-refractivity contribution in [1.82, 2.24) is 4.31 Å². The van der Waals surface area contributed by atoms with Crippen LogP contribution in [0.4, 0.5) is 0 Å². The number of rotatable bonds is 5. The smallest absolute Gasteiger partial charge is 0.211 e. The fourth-order valence-electron chi connectivity index (χ4n) is 2.67. The molecular formula is C13H21NO3S2. The topological polar surface area (TPSA) is 57.6 Å². The summed E-state index contributed by atoms with van der Waals surface area (Å²) in [6.45, 7) is 1.18. The molecule has 4 nitrogen and oxygen atoms in total. The maximum atomic E-state index is 11.5. The zero-order valence-corrected chi connectivity index (χ0v) is 12.8. The SMILES string of the molecule is CS(=O)(=O)N1CCCC(CC(O)Cc2ccsc2)C1. The number of aliphatic hydroxyl groups excluding tert-OH is 1. The molecular weight excluding hydrogens is 282 g/mol. The highest BCUT2D eigenvalue weighted by Crippen LogP contribution is 2.24. The van der Waals surface area contributed by atoms with Gasteiger partial charge in [0.1, 0.15) is 0 Å². The first kappa shape index (κ1) is 15.0. The second kappa shape index (κ2) is 6.35. The number of aliphatic hydroxyl groups is 1. The molecule has 108 valence electrons. The largest absolute Gasteiger partial charge is 0.393 e. The Labute approximate surface area is 119 Å². The van der Waals surface area contributed by atoms with E-state index in [1.54, 1.807) is 15.6 Å². The van der Waals surface area contributed by atoms with Gasteiger partial charge in [0.2, 0.25) is 10.0 Å². The summed E-state index contributed by atoms with van der Waals surface area (Å²) in [5.41, 5.74) is 1.16. The second-order valence-electron chi connectivity index (χ2n) is 5.35. The molecule has 1 fully saturated rings. The minimum Gasteiger partial charge on any atom is -0.393 e. The highest BCUT2D eigenvalue weighted by molar-refractivity contribution is 7.88. The van der Waals surface area contributed by atoms with Gasteiger partial charge >= 0.3 is 0 Å². The number of thiophene rings is 1. The molecule has 1 saturated heterocycles. The fourth-order valence-corrected chi connectivity index (χ4v) is 4.29. The quantitative estimate of drug-likeness (QED) is 0.901. The molecule has 1 aliphatic rings. The summed E-state index contributed by atoms with van der Waals surface area (Å²) in [6.07, 6.45) is 4.13. The molecule has 1 aromatic rings. The van der Waals surface area contributed by atoms with Gasteiger partial charge in [0, 0.05) is 13.1 Å². The molecule has 19 heavy (non-hydrogen) atoms. The Morgan fingerprint density at radius 3 is 3.00 bits per heavy atom. The first-order valence-electron chi connectivity index (χ1n) is 6.59. The summed E-state index contributed by atoms with van der Waals surface area (Å²) >= 11 is 1.63. The number of piperidine rings is 1. The van der Waals surface area contributed by atoms with E-state index in [0.717, 1.165) is 18.4 Å². The summed E-state index contributed by atoms with van der Waals surface area (Å²) in [5, 5.41) is 14.2. The number of hydrogen-bond donors (Lipinski definition) is 1. The average molecular weight is 303 g/mol. The Bertz CT molecular complexity index is 484. The van der Waals surface area contributed by atoms with Crippen LogP contribution in [0.1, 0.15) is 24.8 Å². The third kappa shape index (κ3) is 4.56. The second-order valence-corrected chi connectivity index (χ2v) is 8.12. The Balaban J connectivity index is 1.85. The molecule has 0 saturated carbocycles. The van der Waals surface area contributed by atoms with Gasteiger partial charge in [-0.25, -0.2) is 12.7 Å². The van der Waals surface area contributed by atoms with Crippen LogP contribution in [0.15, 0.2) is 16.8 Å². The van der Waals surface area contributed by atoms with Crippen molar-refractivity contribution in [2.75, 3.05) is 19.3 Å². The Morgan fingerprint density at radius 2 is 2.37 bits per heavy atom. The van der Waals surface area contributed by atoms with Gasteiger partial charge < -0.3 is 5.11 Å². The van der Waals surface area contributed by atoms with E-state index in [0.29, 0.717) is 25.9 Å². The molecule has 2 unspecified atom stereocenters. The molecule has 0 bridgehead atoms. The number of nitrogens with zero attached hydrogens (tertiary/aromatic N) is 1. The van der Waals surface area contributed by atoms with Gasteiger partial charge in [0.15, 0.2) is 0 Å². The first-order chi connectivity index (χ1) is 8.95. The molecule has 0 aliphatic carbocycles. The van der Waals surface area contributed by atoms with Gasteiger partial charge in [-0.3, -0.25) is 0 Å². The minimum atomic E-state index is -3.09. The fraction of sp³-hybridized carbons (Fsp3) is 0.692. The van der Waals surface area contributed by atoms with Crippen molar-refractivity contribution in [3.8, 4) is 0 Å². The van der Waals surface area contributed by atoms with Gasteiger partial charge in [-0.2, -0.15) is 11.3 Å². The normalized spacial score (nSPS) is 23.4. The average Bonchev–Trinajstić information content (AvgIpc) is 2.80. The van der Waals surface area contributed by atoms with E-state index in [1.165, 1.54) is 6.26 Å². The maximum absolute atomic E-state index is 11.5. The monoisotopic (exact) mass is 303 g/mol. The van der Waals surface area contributed by atoms with E-state index < -0.39 is 10.0 Å². The molecule has 0 aromatic carbocycles. The predicted octanol–water partition coefficient (Wildman–Crippen LogP) is 1.71. The summed E-state index contributed by atoms with van der Waals surface area (Å²) in [5.74, 6) is 0.275. The Kier molecular flexibility index (Phi) is 5.00. The zero-order chi connectivity index (χ0) is 13.9. The van der Waals surface area contributed by atoms with E-state index >= 15 is 0 Å². The van der Waals surface area contributed by atoms with Crippen molar-refractivity contribution in [2.24, 2.45) is 5.92 Å². The van der Waals surface area contributed by atoms with Gasteiger partial charge in [0.05, 0.1) is 12.4 Å². The summed E-state index contributed by atoms with van der Waals surface area (Å²) < 4.78 is 24.6. The number of sulfonamides is 1. The van der Waals surface area contributed by atoms with Crippen molar-refractivity contribution in [3.05, 3.63) is 22.4 Å². The lowest BCUT2D eigenvalue weighted by Crippen LogP contribution is -2.40. The van der Waals surface area contributed by atoms with E-state index in [9.17, 15) is 13.5 Å². The van der Waals surface area contributed by atoms with Gasteiger partial charge in [0.25, 0.3) is 0 Å². The van der Waals surface area contributed by atoms with Crippen LogP contribution in [0, 0.1) is 5.92 Å². The lowest BCUT2D eigenvalue weighted by molar-refractivity contribution is 0.122. The highest BCUT2D eigenvalue weighted by Gasteiger charge is 2.27. The van der Waals surface area contributed by atoms with Crippen LogP contribution >= 0.6 is 11.3 Å². The van der Waals surface area contributed by atoms with Gasteiger partial charge in [-0.05, 0) is 54.0 Å². The predicted molar refractivity (Wildman–Crippen MR) is 77.8 cm³/mol. The molecule has 1 aliphatic heterocycles. The summed E-state index contributed by atoms with van der Waals surface area (Å²) in [4.78, 5) is 0. The van der Waals surface area contributed by atoms with E-state index in [-0.39, 0.29) is 12.0 Å². The standard InChI is InChI=1S/C13H21NO3S2/c1-19(16,17)14-5-2-3-11(9-14)7-13(15)8-12-4-6-18-10-12/h4,6,10-11,13,15H,2-3,5,7-9H2,1H3. The Morgan fingerprint density at radius 1 is 1.58 bits per heavy atom. The first-order valence-corrected chi connectivity index (χ1v) is 9.38. The lowest BCUT2D eigenvalue weighted by Gasteiger charge is -2.32. The van der Waals surface area contributed by atoms with Crippen LogP contribution in [0.25, 0.3) is 0 Å². The van der Waals surface area contributed by atoms with E-state index in [2.05, 4.69) is 0 Å². The van der Waals surface area contributed by atoms with Gasteiger partial charge in [-0.15, -0.1) is 0 Å². The highest BCUT2D eigenvalue weighted by atomic mass is 32.2. The van der Waals surface area contributed by atoms with E-state index in [1.807, 2.05) is 16.8 Å². The van der Waals surface area contributed by atoms with Crippen LogP contribution in [-0.2, 0) is 16.4 Å². The lowest BCUT2D eigenvalue weighted by atomic mass is 9.92. The maximum Gasteiger partial charge on any atom is 0.211 e. The van der Waals surface area contributed by atoms with Crippen molar-refractivity contribution in [3.63, 3.8) is 0 Å². The van der Waals surface area contributed by atoms with Crippen molar-refractivity contribution >= 4 is 21.4 Å². The zero-order valence-electron chi connectivity index (χ0n) is 11.2. The van der Waals surface area contributed by atoms with Crippen molar-refractivity contribution in [1.29, 1.82) is 0 Å². The molecule has 6 heteroatoms. The van der Waals surface area contributed by atoms with Crippen LogP contribution in [0.5, 0.6) is 0 Å². The van der Waals surface area contributed by atoms with Crippen LogP contribution < -0.4 is 0 Å². The summed E-state index contributed by atoms with van der Waals surface area (Å²) in [6, 6.07) is 2.03. The molecule has 1 N–H and O–H groups in total. The molecule has 2 rings (SSSR count).